The van der Waals surface area contributed by atoms with Gasteiger partial charge in [0.15, 0.2) is 0 Å². The molecule has 1 fully saturated rings. The molecule has 0 atom stereocenters. The van der Waals surface area contributed by atoms with Crippen LogP contribution in [0, 0.1) is 5.92 Å². The van der Waals surface area contributed by atoms with Gasteiger partial charge in [-0.05, 0) is 60.7 Å². The fourth-order valence-corrected chi connectivity index (χ4v) is 4.99. The van der Waals surface area contributed by atoms with Gasteiger partial charge in [0.1, 0.15) is 16.5 Å². The zero-order valence-corrected chi connectivity index (χ0v) is 22.2. The molecule has 1 amide bonds. The number of halogens is 3. The Kier molecular flexibility index (Phi) is 9.19. The van der Waals surface area contributed by atoms with E-state index in [1.165, 1.54) is 12.8 Å². The Labute approximate surface area is 226 Å². The van der Waals surface area contributed by atoms with Crippen molar-refractivity contribution >= 4 is 46.4 Å². The second-order valence-corrected chi connectivity index (χ2v) is 9.89. The van der Waals surface area contributed by atoms with Crippen LogP contribution in [-0.2, 0) is 6.42 Å². The van der Waals surface area contributed by atoms with Crippen LogP contribution in [0.25, 0.3) is 0 Å². The number of methoxy groups -OCH3 is 1. The average molecular weight is 549 g/mol. The number of aromatic nitrogens is 1. The molecule has 4 rings (SSSR count). The van der Waals surface area contributed by atoms with Crippen molar-refractivity contribution in [3.63, 3.8) is 0 Å². The third kappa shape index (κ3) is 6.75. The molecule has 0 saturated carbocycles. The SMILES string of the molecule is COc1cc(C(=O)NCC2CCN(c3ccncc3)CC2)cc(OCCc2ccc(Cl)cc2Cl)c1Cl. The number of hydrogen-bond acceptors (Lipinski definition) is 5. The molecule has 1 aromatic heterocycles. The van der Waals surface area contributed by atoms with E-state index < -0.39 is 0 Å². The highest BCUT2D eigenvalue weighted by Crippen LogP contribution is 2.36. The highest BCUT2D eigenvalue weighted by Gasteiger charge is 2.21. The van der Waals surface area contributed by atoms with Crippen molar-refractivity contribution in [2.75, 3.05) is 38.3 Å². The molecule has 0 unspecified atom stereocenters. The standard InChI is InChI=1S/C27H28Cl3N3O3/c1-35-24-14-20(15-25(26(24)30)36-13-8-19-2-3-21(28)16-23(19)29)27(34)32-17-18-6-11-33(12-7-18)22-4-9-31-10-5-22/h2-5,9-10,14-16,18H,6-8,11-13,17H2,1H3,(H,32,34). The van der Waals surface area contributed by atoms with Crippen molar-refractivity contribution in [3.8, 4) is 11.5 Å². The number of nitrogens with one attached hydrogen (secondary N) is 1. The number of rotatable bonds is 9. The van der Waals surface area contributed by atoms with E-state index in [0.717, 1.165) is 31.5 Å². The van der Waals surface area contributed by atoms with Crippen LogP contribution in [0.15, 0.2) is 54.9 Å². The molecule has 0 aliphatic carbocycles. The maximum Gasteiger partial charge on any atom is 0.251 e. The molecule has 190 valence electrons. The number of hydrogen-bond donors (Lipinski definition) is 1. The maximum absolute atomic E-state index is 13.0. The first-order valence-electron chi connectivity index (χ1n) is 11.8. The first kappa shape index (κ1) is 26.4. The minimum absolute atomic E-state index is 0.188. The van der Waals surface area contributed by atoms with E-state index in [1.54, 1.807) is 24.3 Å². The summed E-state index contributed by atoms with van der Waals surface area (Å²) in [5.74, 6) is 1.000. The van der Waals surface area contributed by atoms with Gasteiger partial charge in [0, 0.05) is 59.7 Å². The smallest absolute Gasteiger partial charge is 0.251 e. The molecule has 1 aliphatic heterocycles. The lowest BCUT2D eigenvalue weighted by Crippen LogP contribution is -2.38. The highest BCUT2D eigenvalue weighted by atomic mass is 35.5. The normalized spacial score (nSPS) is 13.9. The zero-order valence-electron chi connectivity index (χ0n) is 20.0. The summed E-state index contributed by atoms with van der Waals surface area (Å²) in [5, 5.41) is 4.54. The summed E-state index contributed by atoms with van der Waals surface area (Å²) in [6.07, 6.45) is 6.20. The van der Waals surface area contributed by atoms with Crippen LogP contribution in [0.3, 0.4) is 0 Å². The molecular weight excluding hydrogens is 521 g/mol. The van der Waals surface area contributed by atoms with Crippen molar-refractivity contribution in [2.24, 2.45) is 5.92 Å². The van der Waals surface area contributed by atoms with Crippen LogP contribution in [0.2, 0.25) is 15.1 Å². The Hall–Kier alpha value is -2.67. The quantitative estimate of drug-likeness (QED) is 0.339. The van der Waals surface area contributed by atoms with Gasteiger partial charge in [-0.2, -0.15) is 0 Å². The minimum atomic E-state index is -0.188. The predicted molar refractivity (Wildman–Crippen MR) is 145 cm³/mol. The number of pyridine rings is 1. The van der Waals surface area contributed by atoms with Gasteiger partial charge in [0.05, 0.1) is 13.7 Å². The van der Waals surface area contributed by atoms with Crippen LogP contribution in [0.5, 0.6) is 11.5 Å². The molecule has 0 radical (unpaired) electrons. The van der Waals surface area contributed by atoms with Crippen molar-refractivity contribution < 1.29 is 14.3 Å². The van der Waals surface area contributed by atoms with Crippen molar-refractivity contribution in [2.45, 2.75) is 19.3 Å². The lowest BCUT2D eigenvalue weighted by molar-refractivity contribution is 0.0944. The summed E-state index contributed by atoms with van der Waals surface area (Å²) in [4.78, 5) is 19.4. The van der Waals surface area contributed by atoms with Gasteiger partial charge in [-0.3, -0.25) is 9.78 Å². The Bertz CT molecular complexity index is 1190. The number of piperidine rings is 1. The largest absolute Gasteiger partial charge is 0.495 e. The number of anilines is 1. The van der Waals surface area contributed by atoms with Crippen LogP contribution in [0.1, 0.15) is 28.8 Å². The zero-order chi connectivity index (χ0) is 25.5. The highest BCUT2D eigenvalue weighted by molar-refractivity contribution is 6.35. The van der Waals surface area contributed by atoms with Crippen molar-refractivity contribution in [1.82, 2.24) is 10.3 Å². The van der Waals surface area contributed by atoms with Crippen LogP contribution >= 0.6 is 34.8 Å². The summed E-state index contributed by atoms with van der Waals surface area (Å²) < 4.78 is 11.3. The predicted octanol–water partition coefficient (Wildman–Crippen LogP) is 6.32. The van der Waals surface area contributed by atoms with E-state index in [1.807, 2.05) is 30.6 Å². The number of carbonyl (C=O) groups is 1. The van der Waals surface area contributed by atoms with Gasteiger partial charge >= 0.3 is 0 Å². The minimum Gasteiger partial charge on any atom is -0.495 e. The Morgan fingerprint density at radius 3 is 2.47 bits per heavy atom. The van der Waals surface area contributed by atoms with Crippen molar-refractivity contribution in [3.05, 3.63) is 81.1 Å². The average Bonchev–Trinajstić information content (AvgIpc) is 2.90. The lowest BCUT2D eigenvalue weighted by atomic mass is 9.96. The molecule has 36 heavy (non-hydrogen) atoms. The summed E-state index contributed by atoms with van der Waals surface area (Å²) in [6.45, 7) is 2.84. The van der Waals surface area contributed by atoms with Crippen LogP contribution in [-0.4, -0.2) is 44.2 Å². The van der Waals surface area contributed by atoms with E-state index in [-0.39, 0.29) is 5.91 Å². The second kappa shape index (κ2) is 12.5. The fourth-order valence-electron chi connectivity index (χ4n) is 4.24. The molecule has 1 N–H and O–H groups in total. The number of nitrogens with zero attached hydrogens (tertiary/aromatic N) is 2. The number of ether oxygens (including phenoxy) is 2. The molecule has 1 saturated heterocycles. The summed E-state index contributed by atoms with van der Waals surface area (Å²) in [7, 11) is 1.51. The van der Waals surface area contributed by atoms with Gasteiger partial charge in [0.25, 0.3) is 5.91 Å². The Balaban J connectivity index is 1.33. The molecule has 3 aromatic rings. The molecule has 6 nitrogen and oxygen atoms in total. The monoisotopic (exact) mass is 547 g/mol. The second-order valence-electron chi connectivity index (χ2n) is 8.67. The number of carbonyl (C=O) groups excluding carboxylic acids is 1. The number of amides is 1. The van der Waals surface area contributed by atoms with Crippen molar-refractivity contribution in [1.29, 1.82) is 0 Å². The van der Waals surface area contributed by atoms with Gasteiger partial charge in [0.2, 0.25) is 0 Å². The topological polar surface area (TPSA) is 63.7 Å². The van der Waals surface area contributed by atoms with Gasteiger partial charge in [-0.1, -0.05) is 40.9 Å². The molecule has 0 spiro atoms. The molecule has 2 aromatic carbocycles. The molecule has 0 bridgehead atoms. The van der Waals surface area contributed by atoms with E-state index >= 15 is 0 Å². The third-order valence-electron chi connectivity index (χ3n) is 6.33. The Morgan fingerprint density at radius 2 is 1.78 bits per heavy atom. The molecule has 2 heterocycles. The summed E-state index contributed by atoms with van der Waals surface area (Å²) in [5.41, 5.74) is 2.53. The Morgan fingerprint density at radius 1 is 1.06 bits per heavy atom. The fraction of sp³-hybridized carbons (Fsp3) is 0.333. The lowest BCUT2D eigenvalue weighted by Gasteiger charge is -2.33. The van der Waals surface area contributed by atoms with Gasteiger partial charge < -0.3 is 19.7 Å². The summed E-state index contributed by atoms with van der Waals surface area (Å²) in [6, 6.07) is 12.7. The van der Waals surface area contributed by atoms with Gasteiger partial charge in [-0.15, -0.1) is 0 Å². The molecule has 9 heteroatoms. The van der Waals surface area contributed by atoms with Crippen LogP contribution in [0.4, 0.5) is 5.69 Å². The third-order valence-corrected chi connectivity index (χ3v) is 7.29. The maximum atomic E-state index is 13.0. The van der Waals surface area contributed by atoms with E-state index in [9.17, 15) is 4.79 Å². The molecular formula is C27H28Cl3N3O3. The van der Waals surface area contributed by atoms with Gasteiger partial charge in [-0.25, -0.2) is 0 Å². The molecule has 1 aliphatic rings. The first-order chi connectivity index (χ1) is 17.4. The first-order valence-corrected chi connectivity index (χ1v) is 13.0. The summed E-state index contributed by atoms with van der Waals surface area (Å²) >= 11 is 18.7. The number of benzene rings is 2. The van der Waals surface area contributed by atoms with Crippen LogP contribution < -0.4 is 19.7 Å². The van der Waals surface area contributed by atoms with E-state index in [4.69, 9.17) is 44.3 Å². The van der Waals surface area contributed by atoms with E-state index in [2.05, 4.69) is 15.2 Å². The van der Waals surface area contributed by atoms with E-state index in [0.29, 0.717) is 57.6 Å².